The highest BCUT2D eigenvalue weighted by Crippen LogP contribution is 2.34. The number of carboxylic acid groups (broad SMARTS) is 1. The second kappa shape index (κ2) is 4.81. The third-order valence-corrected chi connectivity index (χ3v) is 4.83. The first-order valence-corrected chi connectivity index (χ1v) is 6.80. The van der Waals surface area contributed by atoms with Gasteiger partial charge in [0.25, 0.3) is 0 Å². The van der Waals surface area contributed by atoms with Crippen molar-refractivity contribution in [3.8, 4) is 0 Å². The Bertz CT molecular complexity index is 298. The minimum Gasteiger partial charge on any atom is -0.481 e. The molecular formula is C10H16O5S. The molecule has 2 rings (SSSR count). The Kier molecular flexibility index (Phi) is 3.61. The highest BCUT2D eigenvalue weighted by Gasteiger charge is 2.42. The molecular weight excluding hydrogens is 232 g/mol. The normalized spacial score (nSPS) is 36.4. The smallest absolute Gasteiger partial charge is 0.316 e. The molecule has 0 aromatic carbocycles. The molecule has 0 bridgehead atoms. The van der Waals surface area contributed by atoms with Crippen molar-refractivity contribution in [2.24, 2.45) is 0 Å². The van der Waals surface area contributed by atoms with E-state index in [9.17, 15) is 9.00 Å². The van der Waals surface area contributed by atoms with Crippen molar-refractivity contribution in [3.05, 3.63) is 0 Å². The molecule has 1 N–H and O–H groups in total. The first-order valence-electron chi connectivity index (χ1n) is 5.42. The molecule has 2 aliphatic rings. The Morgan fingerprint density at radius 1 is 1.50 bits per heavy atom. The van der Waals surface area contributed by atoms with Gasteiger partial charge in [-0.1, -0.05) is 0 Å². The van der Waals surface area contributed by atoms with E-state index in [1.165, 1.54) is 0 Å². The summed E-state index contributed by atoms with van der Waals surface area (Å²) >= 11 is 0. The second-order valence-electron chi connectivity index (χ2n) is 4.37. The van der Waals surface area contributed by atoms with Crippen LogP contribution in [0.3, 0.4) is 0 Å². The molecule has 2 fully saturated rings. The van der Waals surface area contributed by atoms with Crippen LogP contribution in [0.15, 0.2) is 0 Å². The lowest BCUT2D eigenvalue weighted by molar-refractivity contribution is -0.134. The molecule has 2 heterocycles. The lowest BCUT2D eigenvalue weighted by Gasteiger charge is -2.36. The number of ether oxygens (including phenoxy) is 2. The van der Waals surface area contributed by atoms with Crippen molar-refractivity contribution in [3.63, 3.8) is 0 Å². The predicted octanol–water partition coefficient (Wildman–Crippen LogP) is 0.158. The quantitative estimate of drug-likeness (QED) is 0.770. The predicted molar refractivity (Wildman–Crippen MR) is 57.8 cm³/mol. The molecule has 0 aromatic rings. The summed E-state index contributed by atoms with van der Waals surface area (Å²) < 4.78 is 22.8. The van der Waals surface area contributed by atoms with Crippen LogP contribution in [0.1, 0.15) is 19.3 Å². The average molecular weight is 248 g/mol. The van der Waals surface area contributed by atoms with Crippen LogP contribution < -0.4 is 0 Å². The van der Waals surface area contributed by atoms with Gasteiger partial charge in [-0.3, -0.25) is 9.00 Å². The number of carbonyl (C=O) groups is 1. The van der Waals surface area contributed by atoms with Crippen LogP contribution in [0.4, 0.5) is 0 Å². The van der Waals surface area contributed by atoms with E-state index in [-0.39, 0.29) is 16.6 Å². The van der Waals surface area contributed by atoms with Crippen LogP contribution in [0, 0.1) is 0 Å². The largest absolute Gasteiger partial charge is 0.481 e. The third-order valence-electron chi connectivity index (χ3n) is 3.15. The van der Waals surface area contributed by atoms with Crippen molar-refractivity contribution in [1.29, 1.82) is 0 Å². The molecule has 0 saturated carbocycles. The van der Waals surface area contributed by atoms with Crippen LogP contribution in [-0.4, -0.2) is 51.7 Å². The van der Waals surface area contributed by atoms with E-state index in [0.29, 0.717) is 32.7 Å². The summed E-state index contributed by atoms with van der Waals surface area (Å²) in [6.07, 6.45) is 2.17. The average Bonchev–Trinajstić information content (AvgIpc) is 2.65. The zero-order valence-corrected chi connectivity index (χ0v) is 9.83. The number of carboxylic acids is 1. The van der Waals surface area contributed by atoms with Gasteiger partial charge in [-0.25, -0.2) is 0 Å². The molecule has 5 nitrogen and oxygen atoms in total. The van der Waals surface area contributed by atoms with E-state index >= 15 is 0 Å². The summed E-state index contributed by atoms with van der Waals surface area (Å²) in [6, 6.07) is 0. The Labute approximate surface area is 96.6 Å². The fraction of sp³-hybridized carbons (Fsp3) is 0.900. The molecule has 0 radical (unpaired) electrons. The Morgan fingerprint density at radius 2 is 2.31 bits per heavy atom. The van der Waals surface area contributed by atoms with Gasteiger partial charge in [-0.05, 0) is 12.8 Å². The zero-order valence-electron chi connectivity index (χ0n) is 9.02. The van der Waals surface area contributed by atoms with Gasteiger partial charge in [0.15, 0.2) is 0 Å². The van der Waals surface area contributed by atoms with Crippen molar-refractivity contribution < 1.29 is 23.6 Å². The van der Waals surface area contributed by atoms with Gasteiger partial charge in [0.2, 0.25) is 0 Å². The number of hydrogen-bond acceptors (Lipinski definition) is 4. The standard InChI is InChI=1S/C10H16O5S/c11-9(12)6-16(13)8-1-3-15-10(5-8)2-4-14-7-10/h8H,1-7H2,(H,11,12). The summed E-state index contributed by atoms with van der Waals surface area (Å²) in [6.45, 7) is 1.78. The minimum absolute atomic E-state index is 0.0634. The van der Waals surface area contributed by atoms with E-state index in [0.717, 1.165) is 6.42 Å². The molecule has 92 valence electrons. The fourth-order valence-electron chi connectivity index (χ4n) is 2.31. The maximum absolute atomic E-state index is 11.8. The molecule has 3 atom stereocenters. The van der Waals surface area contributed by atoms with Gasteiger partial charge in [0.1, 0.15) is 5.75 Å². The SMILES string of the molecule is O=C(O)CS(=O)C1CCOC2(CCOC2)C1. The highest BCUT2D eigenvalue weighted by molar-refractivity contribution is 7.86. The summed E-state index contributed by atoms with van der Waals surface area (Å²) in [5.74, 6) is -1.26. The molecule has 6 heteroatoms. The Hall–Kier alpha value is -0.460. The Morgan fingerprint density at radius 3 is 2.94 bits per heavy atom. The molecule has 2 saturated heterocycles. The van der Waals surface area contributed by atoms with E-state index in [1.54, 1.807) is 0 Å². The van der Waals surface area contributed by atoms with Crippen LogP contribution >= 0.6 is 0 Å². The zero-order chi connectivity index (χ0) is 11.6. The van der Waals surface area contributed by atoms with E-state index in [1.807, 2.05) is 0 Å². The maximum Gasteiger partial charge on any atom is 0.316 e. The summed E-state index contributed by atoms with van der Waals surface area (Å²) in [7, 11) is -1.29. The van der Waals surface area contributed by atoms with Crippen molar-refractivity contribution >= 4 is 16.8 Å². The number of aliphatic carboxylic acids is 1. The molecule has 16 heavy (non-hydrogen) atoms. The summed E-state index contributed by atoms with van der Waals surface area (Å²) in [5.41, 5.74) is -0.295. The molecule has 0 aromatic heterocycles. The van der Waals surface area contributed by atoms with Crippen LogP contribution in [-0.2, 0) is 25.1 Å². The number of hydrogen-bond donors (Lipinski definition) is 1. The van der Waals surface area contributed by atoms with Gasteiger partial charge < -0.3 is 14.6 Å². The Balaban J connectivity index is 1.96. The molecule has 3 unspecified atom stereocenters. The topological polar surface area (TPSA) is 72.8 Å². The van der Waals surface area contributed by atoms with Gasteiger partial charge in [0.05, 0.1) is 12.2 Å². The van der Waals surface area contributed by atoms with Crippen molar-refractivity contribution in [2.45, 2.75) is 30.1 Å². The summed E-state index contributed by atoms with van der Waals surface area (Å²) in [4.78, 5) is 10.5. The van der Waals surface area contributed by atoms with E-state index in [4.69, 9.17) is 14.6 Å². The van der Waals surface area contributed by atoms with Gasteiger partial charge in [-0.2, -0.15) is 0 Å². The van der Waals surface area contributed by atoms with Gasteiger partial charge >= 0.3 is 5.97 Å². The monoisotopic (exact) mass is 248 g/mol. The minimum atomic E-state index is -1.29. The number of rotatable bonds is 3. The molecule has 0 amide bonds. The maximum atomic E-state index is 11.8. The first-order chi connectivity index (χ1) is 7.61. The van der Waals surface area contributed by atoms with Crippen LogP contribution in [0.5, 0.6) is 0 Å². The van der Waals surface area contributed by atoms with Gasteiger partial charge in [0, 0.05) is 35.7 Å². The highest BCUT2D eigenvalue weighted by atomic mass is 32.2. The third kappa shape index (κ3) is 2.61. The van der Waals surface area contributed by atoms with Crippen molar-refractivity contribution in [1.82, 2.24) is 0 Å². The molecule has 0 aliphatic carbocycles. The molecule has 1 spiro atoms. The van der Waals surface area contributed by atoms with E-state index in [2.05, 4.69) is 0 Å². The second-order valence-corrected chi connectivity index (χ2v) is 6.08. The fourth-order valence-corrected chi connectivity index (χ4v) is 3.64. The summed E-state index contributed by atoms with van der Waals surface area (Å²) in [5, 5.41) is 8.56. The van der Waals surface area contributed by atoms with Crippen LogP contribution in [0.25, 0.3) is 0 Å². The van der Waals surface area contributed by atoms with Crippen molar-refractivity contribution in [2.75, 3.05) is 25.6 Å². The lowest BCUT2D eigenvalue weighted by Crippen LogP contribution is -2.44. The van der Waals surface area contributed by atoms with Gasteiger partial charge in [-0.15, -0.1) is 0 Å². The first kappa shape index (κ1) is 12.0. The van der Waals surface area contributed by atoms with Crippen LogP contribution in [0.2, 0.25) is 0 Å². The lowest BCUT2D eigenvalue weighted by atomic mass is 9.93. The van der Waals surface area contributed by atoms with E-state index < -0.39 is 16.8 Å². The molecule has 2 aliphatic heterocycles.